The van der Waals surface area contributed by atoms with Crippen molar-refractivity contribution in [1.82, 2.24) is 4.98 Å². The van der Waals surface area contributed by atoms with Crippen LogP contribution in [0.4, 0.5) is 4.39 Å². The van der Waals surface area contributed by atoms with Crippen molar-refractivity contribution < 1.29 is 14.6 Å². The Labute approximate surface area is 89.8 Å². The van der Waals surface area contributed by atoms with Gasteiger partial charge >= 0.3 is 0 Å². The Morgan fingerprint density at radius 1 is 1.00 bits per heavy atom. The van der Waals surface area contributed by atoms with Gasteiger partial charge in [0.05, 0.1) is 5.52 Å². The number of aromatic hydroxyl groups is 2. The van der Waals surface area contributed by atoms with Crippen LogP contribution in [0, 0.1) is 5.82 Å². The molecule has 0 aliphatic carbocycles. The zero-order valence-corrected chi connectivity index (χ0v) is 8.16. The highest BCUT2D eigenvalue weighted by atomic mass is 19.1. The third-order valence-corrected chi connectivity index (χ3v) is 2.62. The molecule has 1 heterocycles. The Morgan fingerprint density at radius 3 is 2.62 bits per heavy atom. The monoisotopic (exact) mass is 217 g/mol. The molecule has 80 valence electrons. The summed E-state index contributed by atoms with van der Waals surface area (Å²) >= 11 is 0. The first kappa shape index (κ1) is 9.03. The molecule has 3 nitrogen and oxygen atoms in total. The minimum atomic E-state index is -0.360. The van der Waals surface area contributed by atoms with E-state index in [2.05, 4.69) is 4.98 Å². The van der Waals surface area contributed by atoms with Crippen LogP contribution in [0.15, 0.2) is 30.3 Å². The predicted molar refractivity (Wildman–Crippen MR) is 59.1 cm³/mol. The van der Waals surface area contributed by atoms with E-state index in [0.29, 0.717) is 16.3 Å². The van der Waals surface area contributed by atoms with E-state index >= 15 is 0 Å². The fourth-order valence-corrected chi connectivity index (χ4v) is 1.97. The SMILES string of the molecule is Oc1cc(O)c2c(c1)[nH]c1ccc(F)cc12. The summed E-state index contributed by atoms with van der Waals surface area (Å²) in [6.45, 7) is 0. The Morgan fingerprint density at radius 2 is 1.81 bits per heavy atom. The number of aromatic nitrogens is 1. The zero-order chi connectivity index (χ0) is 11.3. The average Bonchev–Trinajstić information content (AvgIpc) is 2.54. The quantitative estimate of drug-likeness (QED) is 0.542. The van der Waals surface area contributed by atoms with Gasteiger partial charge in [-0.25, -0.2) is 4.39 Å². The van der Waals surface area contributed by atoms with Crippen molar-refractivity contribution in [3.63, 3.8) is 0 Å². The largest absolute Gasteiger partial charge is 0.508 e. The van der Waals surface area contributed by atoms with E-state index in [4.69, 9.17) is 0 Å². The second-order valence-corrected chi connectivity index (χ2v) is 3.70. The van der Waals surface area contributed by atoms with Gasteiger partial charge in [0.15, 0.2) is 0 Å². The molecule has 4 heteroatoms. The van der Waals surface area contributed by atoms with Crippen molar-refractivity contribution in [3.8, 4) is 11.5 Å². The van der Waals surface area contributed by atoms with Gasteiger partial charge in [0, 0.05) is 28.4 Å². The molecule has 3 N–H and O–H groups in total. The highest BCUT2D eigenvalue weighted by Crippen LogP contribution is 2.35. The second-order valence-electron chi connectivity index (χ2n) is 3.70. The van der Waals surface area contributed by atoms with Crippen molar-refractivity contribution in [1.29, 1.82) is 0 Å². The van der Waals surface area contributed by atoms with Gasteiger partial charge < -0.3 is 15.2 Å². The van der Waals surface area contributed by atoms with Gasteiger partial charge in [-0.3, -0.25) is 0 Å². The zero-order valence-electron chi connectivity index (χ0n) is 8.16. The maximum absolute atomic E-state index is 13.1. The fraction of sp³-hybridized carbons (Fsp3) is 0. The number of hydrogen-bond acceptors (Lipinski definition) is 2. The van der Waals surface area contributed by atoms with E-state index < -0.39 is 0 Å². The molecule has 0 aliphatic rings. The number of fused-ring (bicyclic) bond motifs is 3. The number of nitrogens with one attached hydrogen (secondary N) is 1. The molecule has 0 aliphatic heterocycles. The number of halogens is 1. The Kier molecular flexibility index (Phi) is 1.63. The molecule has 0 spiro atoms. The summed E-state index contributed by atoms with van der Waals surface area (Å²) in [5.41, 5.74) is 1.30. The van der Waals surface area contributed by atoms with Crippen LogP contribution in [0.3, 0.4) is 0 Å². The van der Waals surface area contributed by atoms with E-state index in [9.17, 15) is 14.6 Å². The number of hydrogen-bond donors (Lipinski definition) is 3. The number of aromatic amines is 1. The summed E-state index contributed by atoms with van der Waals surface area (Å²) in [5.74, 6) is -0.454. The van der Waals surface area contributed by atoms with Crippen LogP contribution in [-0.4, -0.2) is 15.2 Å². The van der Waals surface area contributed by atoms with Crippen LogP contribution in [0.1, 0.15) is 0 Å². The van der Waals surface area contributed by atoms with Crippen LogP contribution >= 0.6 is 0 Å². The number of phenolic OH excluding ortho intramolecular Hbond substituents is 2. The molecule has 0 fully saturated rings. The van der Waals surface area contributed by atoms with Gasteiger partial charge in [0.1, 0.15) is 17.3 Å². The summed E-state index contributed by atoms with van der Waals surface area (Å²) in [7, 11) is 0. The van der Waals surface area contributed by atoms with Gasteiger partial charge in [-0.1, -0.05) is 0 Å². The molecule has 0 bridgehead atoms. The van der Waals surface area contributed by atoms with E-state index in [1.165, 1.54) is 24.3 Å². The number of H-pyrrole nitrogens is 1. The minimum Gasteiger partial charge on any atom is -0.508 e. The summed E-state index contributed by atoms with van der Waals surface area (Å²) in [6, 6.07) is 7.02. The van der Waals surface area contributed by atoms with Crippen LogP contribution in [0.5, 0.6) is 11.5 Å². The lowest BCUT2D eigenvalue weighted by Gasteiger charge is -1.97. The lowest BCUT2D eigenvalue weighted by atomic mass is 10.1. The van der Waals surface area contributed by atoms with Crippen molar-refractivity contribution in [2.45, 2.75) is 0 Å². The molecular formula is C12H8FNO2. The Hall–Kier alpha value is -2.23. The van der Waals surface area contributed by atoms with Crippen LogP contribution in [0.2, 0.25) is 0 Å². The van der Waals surface area contributed by atoms with Crippen molar-refractivity contribution >= 4 is 21.8 Å². The molecule has 3 aromatic rings. The number of benzene rings is 2. The van der Waals surface area contributed by atoms with Gasteiger partial charge in [0.2, 0.25) is 0 Å². The van der Waals surface area contributed by atoms with Crippen LogP contribution < -0.4 is 0 Å². The van der Waals surface area contributed by atoms with Gasteiger partial charge in [0.25, 0.3) is 0 Å². The van der Waals surface area contributed by atoms with Crippen molar-refractivity contribution in [2.24, 2.45) is 0 Å². The smallest absolute Gasteiger partial charge is 0.129 e. The molecule has 1 aromatic heterocycles. The molecule has 0 unspecified atom stereocenters. The van der Waals surface area contributed by atoms with Gasteiger partial charge in [-0.2, -0.15) is 0 Å². The Bertz CT molecular complexity index is 703. The summed E-state index contributed by atoms with van der Waals surface area (Å²) < 4.78 is 13.1. The molecule has 0 amide bonds. The van der Waals surface area contributed by atoms with Gasteiger partial charge in [-0.05, 0) is 18.2 Å². The summed E-state index contributed by atoms with van der Waals surface area (Å²) in [6.07, 6.45) is 0. The summed E-state index contributed by atoms with van der Waals surface area (Å²) in [4.78, 5) is 3.00. The number of rotatable bonds is 0. The molecule has 0 saturated heterocycles. The second kappa shape index (κ2) is 2.88. The molecule has 0 saturated carbocycles. The highest BCUT2D eigenvalue weighted by Gasteiger charge is 2.10. The maximum atomic E-state index is 13.1. The van der Waals surface area contributed by atoms with Crippen LogP contribution in [0.25, 0.3) is 21.8 Å². The lowest BCUT2D eigenvalue weighted by Crippen LogP contribution is -1.73. The average molecular weight is 217 g/mol. The first-order valence-electron chi connectivity index (χ1n) is 4.78. The van der Waals surface area contributed by atoms with E-state index in [1.54, 1.807) is 6.07 Å². The molecule has 0 radical (unpaired) electrons. The molecular weight excluding hydrogens is 209 g/mol. The predicted octanol–water partition coefficient (Wildman–Crippen LogP) is 2.87. The van der Waals surface area contributed by atoms with E-state index in [1.807, 2.05) is 0 Å². The third kappa shape index (κ3) is 1.13. The molecule has 0 atom stereocenters. The first-order valence-corrected chi connectivity index (χ1v) is 4.78. The van der Waals surface area contributed by atoms with E-state index in [-0.39, 0.29) is 17.3 Å². The minimum absolute atomic E-state index is 0.0305. The topological polar surface area (TPSA) is 56.2 Å². The number of phenols is 2. The standard InChI is InChI=1S/C12H8FNO2/c13-6-1-2-9-8(3-6)12-10(14-9)4-7(15)5-11(12)16/h1-5,14-16H. The Balaban J connectivity index is 2.57. The van der Waals surface area contributed by atoms with E-state index in [0.717, 1.165) is 5.52 Å². The first-order chi connectivity index (χ1) is 7.65. The maximum Gasteiger partial charge on any atom is 0.129 e. The lowest BCUT2D eigenvalue weighted by molar-refractivity contribution is 0.455. The molecule has 2 aromatic carbocycles. The molecule has 16 heavy (non-hydrogen) atoms. The van der Waals surface area contributed by atoms with Crippen LogP contribution in [-0.2, 0) is 0 Å². The van der Waals surface area contributed by atoms with Crippen molar-refractivity contribution in [3.05, 3.63) is 36.1 Å². The molecule has 3 rings (SSSR count). The summed E-state index contributed by atoms with van der Waals surface area (Å²) in [5, 5.41) is 20.2. The van der Waals surface area contributed by atoms with Gasteiger partial charge in [-0.15, -0.1) is 0 Å². The fourth-order valence-electron chi connectivity index (χ4n) is 1.97. The normalized spacial score (nSPS) is 11.3. The highest BCUT2D eigenvalue weighted by molar-refractivity contribution is 6.10. The van der Waals surface area contributed by atoms with Crippen molar-refractivity contribution in [2.75, 3.05) is 0 Å². The third-order valence-electron chi connectivity index (χ3n) is 2.62.